The Morgan fingerprint density at radius 1 is 1.12 bits per heavy atom. The van der Waals surface area contributed by atoms with Gasteiger partial charge in [-0.05, 0) is 43.3 Å². The Kier molecular flexibility index (Phi) is 3.82. The van der Waals surface area contributed by atoms with Gasteiger partial charge in [-0.2, -0.15) is 5.10 Å². The van der Waals surface area contributed by atoms with Gasteiger partial charge >= 0.3 is 0 Å². The third kappa shape index (κ3) is 2.92. The maximum absolute atomic E-state index is 6.72. The van der Waals surface area contributed by atoms with Gasteiger partial charge in [0.1, 0.15) is 5.69 Å². The summed E-state index contributed by atoms with van der Waals surface area (Å²) in [6.45, 7) is 1.94. The van der Waals surface area contributed by atoms with E-state index in [1.807, 2.05) is 61.5 Å². The molecule has 0 spiro atoms. The summed E-state index contributed by atoms with van der Waals surface area (Å²) in [6, 6.07) is 17.6. The molecule has 1 unspecified atom stereocenters. The normalized spacial score (nSPS) is 18.9. The number of halogens is 1. The van der Waals surface area contributed by atoms with Crippen LogP contribution in [0.4, 0.5) is 11.4 Å². The Hall–Kier alpha value is -2.64. The number of hydrogen-bond donors (Lipinski definition) is 4. The number of nitrogens with two attached hydrogens (primary N) is 1. The molecular weight excluding hydrogens is 380 g/mol. The van der Waals surface area contributed by atoms with Crippen LogP contribution in [0.2, 0.25) is 0 Å². The molecule has 4 rings (SSSR count). The van der Waals surface area contributed by atoms with Crippen LogP contribution in [0.3, 0.4) is 0 Å². The number of aryl methyl sites for hydroxylation is 1. The number of rotatable bonds is 2. The van der Waals surface area contributed by atoms with Crippen molar-refractivity contribution in [2.24, 2.45) is 10.7 Å². The van der Waals surface area contributed by atoms with Crippen molar-refractivity contribution < 1.29 is 0 Å². The molecule has 2 heterocycles. The lowest BCUT2D eigenvalue weighted by molar-refractivity contribution is 0.547. The van der Waals surface area contributed by atoms with Crippen molar-refractivity contribution >= 4 is 33.3 Å². The topological polar surface area (TPSA) is 91.1 Å². The molecule has 2 aromatic carbocycles. The Labute approximate surface area is 153 Å². The zero-order valence-corrected chi connectivity index (χ0v) is 15.1. The van der Waals surface area contributed by atoms with Crippen molar-refractivity contribution in [2.75, 3.05) is 10.6 Å². The predicted octanol–water partition coefficient (Wildman–Crippen LogP) is 3.53. The molecule has 0 amide bonds. The summed E-state index contributed by atoms with van der Waals surface area (Å²) in [5.74, 6) is 0.573. The number of nitrogens with one attached hydrogen (secondary N) is 3. The molecule has 0 aliphatic carbocycles. The van der Waals surface area contributed by atoms with Gasteiger partial charge in [0.2, 0.25) is 5.96 Å². The number of hydrogen-bond acceptors (Lipinski definition) is 5. The van der Waals surface area contributed by atoms with Gasteiger partial charge in [0.05, 0.1) is 0 Å². The highest BCUT2D eigenvalue weighted by atomic mass is 79.9. The molecule has 0 saturated heterocycles. The van der Waals surface area contributed by atoms with Gasteiger partial charge < -0.3 is 10.6 Å². The van der Waals surface area contributed by atoms with Crippen molar-refractivity contribution in [1.82, 2.24) is 10.2 Å². The van der Waals surface area contributed by atoms with Crippen LogP contribution in [0.5, 0.6) is 0 Å². The number of fused-ring (bicyclic) bond motifs is 1. The second kappa shape index (κ2) is 6.02. The van der Waals surface area contributed by atoms with Gasteiger partial charge in [0.25, 0.3) is 0 Å². The van der Waals surface area contributed by atoms with E-state index in [1.165, 1.54) is 0 Å². The quantitative estimate of drug-likeness (QED) is 0.533. The molecule has 0 radical (unpaired) electrons. The van der Waals surface area contributed by atoms with E-state index in [4.69, 9.17) is 10.7 Å². The van der Waals surface area contributed by atoms with E-state index in [9.17, 15) is 0 Å². The highest BCUT2D eigenvalue weighted by molar-refractivity contribution is 9.10. The molecule has 1 atom stereocenters. The average molecular weight is 397 g/mol. The third-order valence-electron chi connectivity index (χ3n) is 4.08. The van der Waals surface area contributed by atoms with Crippen molar-refractivity contribution in [3.05, 3.63) is 76.0 Å². The number of aromatic amines is 1. The third-order valence-corrected chi connectivity index (χ3v) is 4.61. The van der Waals surface area contributed by atoms with E-state index in [1.54, 1.807) is 0 Å². The minimum absolute atomic E-state index is 0.573. The van der Waals surface area contributed by atoms with Crippen LogP contribution in [0.15, 0.2) is 64.1 Å². The molecule has 0 saturated carbocycles. The van der Waals surface area contributed by atoms with E-state index < -0.39 is 5.66 Å². The maximum atomic E-state index is 6.72. The Morgan fingerprint density at radius 3 is 2.60 bits per heavy atom. The van der Waals surface area contributed by atoms with Crippen LogP contribution in [0.1, 0.15) is 17.0 Å². The van der Waals surface area contributed by atoms with Crippen molar-refractivity contribution in [1.29, 1.82) is 0 Å². The van der Waals surface area contributed by atoms with Gasteiger partial charge in [-0.1, -0.05) is 34.1 Å². The van der Waals surface area contributed by atoms with Crippen molar-refractivity contribution in [3.8, 4) is 0 Å². The minimum atomic E-state index is -1.07. The number of aromatic nitrogens is 2. The van der Waals surface area contributed by atoms with E-state index in [0.29, 0.717) is 11.7 Å². The van der Waals surface area contributed by atoms with Gasteiger partial charge in [0, 0.05) is 27.1 Å². The highest BCUT2D eigenvalue weighted by Gasteiger charge is 2.37. The Balaban J connectivity index is 1.77. The average Bonchev–Trinajstić information content (AvgIpc) is 3.04. The van der Waals surface area contributed by atoms with Gasteiger partial charge in [-0.15, -0.1) is 0 Å². The van der Waals surface area contributed by atoms with E-state index in [-0.39, 0.29) is 0 Å². The molecule has 126 valence electrons. The largest absolute Gasteiger partial charge is 0.326 e. The number of H-pyrrole nitrogens is 1. The monoisotopic (exact) mass is 396 g/mol. The molecule has 3 aromatic rings. The summed E-state index contributed by atoms with van der Waals surface area (Å²) < 4.78 is 1.02. The molecule has 5 N–H and O–H groups in total. The first kappa shape index (κ1) is 15.9. The SMILES string of the molecule is Cc1cc(C2(N)N=C(Nc3ccc(Br)cc3)Nc3ccccc32)n[nH]1. The summed E-state index contributed by atoms with van der Waals surface area (Å²) in [7, 11) is 0. The van der Waals surface area contributed by atoms with E-state index in [2.05, 4.69) is 36.8 Å². The fraction of sp³-hybridized carbons (Fsp3) is 0.111. The van der Waals surface area contributed by atoms with Crippen LogP contribution in [0, 0.1) is 6.92 Å². The number of benzene rings is 2. The molecule has 6 nitrogen and oxygen atoms in total. The molecule has 1 aliphatic rings. The zero-order valence-electron chi connectivity index (χ0n) is 13.5. The smallest absolute Gasteiger partial charge is 0.202 e. The number of anilines is 2. The second-order valence-electron chi connectivity index (χ2n) is 5.97. The Bertz CT molecular complexity index is 946. The molecule has 0 bridgehead atoms. The first-order chi connectivity index (χ1) is 12.0. The molecule has 1 aliphatic heterocycles. The van der Waals surface area contributed by atoms with Crippen molar-refractivity contribution in [2.45, 2.75) is 12.6 Å². The molecule has 7 heteroatoms. The second-order valence-corrected chi connectivity index (χ2v) is 6.88. The lowest BCUT2D eigenvalue weighted by atomic mass is 9.94. The standard InChI is InChI=1S/C18H17BrN6/c1-11-10-16(25-24-11)18(20)14-4-2-3-5-15(14)22-17(23-18)21-13-8-6-12(19)7-9-13/h2-10H,20H2,1H3,(H,24,25)(H2,21,22,23). The number of guanidine groups is 1. The lowest BCUT2D eigenvalue weighted by Crippen LogP contribution is -2.44. The summed E-state index contributed by atoms with van der Waals surface area (Å²) in [5.41, 5.74) is 9.96. The fourth-order valence-corrected chi connectivity index (χ4v) is 3.12. The first-order valence-corrected chi connectivity index (χ1v) is 8.64. The summed E-state index contributed by atoms with van der Waals surface area (Å²) >= 11 is 3.44. The van der Waals surface area contributed by atoms with Gasteiger partial charge in [0.15, 0.2) is 5.66 Å². The first-order valence-electron chi connectivity index (χ1n) is 7.85. The van der Waals surface area contributed by atoms with Gasteiger partial charge in [-0.3, -0.25) is 10.8 Å². The molecule has 1 aromatic heterocycles. The summed E-state index contributed by atoms with van der Waals surface area (Å²) in [6.07, 6.45) is 0. The highest BCUT2D eigenvalue weighted by Crippen LogP contribution is 2.36. The summed E-state index contributed by atoms with van der Waals surface area (Å²) in [4.78, 5) is 4.73. The number of para-hydroxylation sites is 1. The summed E-state index contributed by atoms with van der Waals surface area (Å²) in [5, 5.41) is 13.9. The maximum Gasteiger partial charge on any atom is 0.202 e. The fourth-order valence-electron chi connectivity index (χ4n) is 2.85. The molecular formula is C18H17BrN6. The molecule has 25 heavy (non-hydrogen) atoms. The predicted molar refractivity (Wildman–Crippen MR) is 104 cm³/mol. The van der Waals surface area contributed by atoms with E-state index in [0.717, 1.165) is 27.1 Å². The van der Waals surface area contributed by atoms with E-state index >= 15 is 0 Å². The van der Waals surface area contributed by atoms with Crippen LogP contribution < -0.4 is 16.4 Å². The Morgan fingerprint density at radius 2 is 1.88 bits per heavy atom. The van der Waals surface area contributed by atoms with Crippen LogP contribution in [-0.2, 0) is 5.66 Å². The van der Waals surface area contributed by atoms with Gasteiger partial charge in [-0.25, -0.2) is 4.99 Å². The number of nitrogens with zero attached hydrogens (tertiary/aromatic N) is 2. The van der Waals surface area contributed by atoms with Crippen LogP contribution >= 0.6 is 15.9 Å². The molecule has 0 fully saturated rings. The zero-order chi connectivity index (χ0) is 17.4. The van der Waals surface area contributed by atoms with Crippen molar-refractivity contribution in [3.63, 3.8) is 0 Å². The van der Waals surface area contributed by atoms with Crippen LogP contribution in [-0.4, -0.2) is 16.2 Å². The lowest BCUT2D eigenvalue weighted by Gasteiger charge is -2.32. The number of aliphatic imine (C=N–C) groups is 1. The van der Waals surface area contributed by atoms with Crippen LogP contribution in [0.25, 0.3) is 0 Å². The minimum Gasteiger partial charge on any atom is -0.326 e.